The van der Waals surface area contributed by atoms with Gasteiger partial charge in [-0.15, -0.1) is 0 Å². The van der Waals surface area contributed by atoms with Gasteiger partial charge in [0.2, 0.25) is 0 Å². The molecule has 2 rings (SSSR count). The van der Waals surface area contributed by atoms with Crippen molar-refractivity contribution in [2.75, 3.05) is 6.61 Å². The summed E-state index contributed by atoms with van der Waals surface area (Å²) in [6.45, 7) is 4.11. The van der Waals surface area contributed by atoms with Crippen LogP contribution in [0.2, 0.25) is 0 Å². The molecule has 0 N–H and O–H groups in total. The van der Waals surface area contributed by atoms with Gasteiger partial charge in [0.25, 0.3) is 0 Å². The van der Waals surface area contributed by atoms with E-state index in [0.29, 0.717) is 12.2 Å². The van der Waals surface area contributed by atoms with Crippen molar-refractivity contribution in [2.45, 2.75) is 13.8 Å². The molecule has 0 heterocycles. The van der Waals surface area contributed by atoms with Crippen LogP contribution in [0.15, 0.2) is 53.5 Å². The molecule has 0 atom stereocenters. The second kappa shape index (κ2) is 6.66. The van der Waals surface area contributed by atoms with E-state index in [1.54, 1.807) is 25.3 Å². The Morgan fingerprint density at radius 1 is 1.20 bits per heavy atom. The van der Waals surface area contributed by atoms with Crippen LogP contribution in [0.3, 0.4) is 0 Å². The second-order valence-electron chi connectivity index (χ2n) is 4.34. The highest BCUT2D eigenvalue weighted by atomic mass is 16.5. The number of hydrogen-bond donors (Lipinski definition) is 0. The summed E-state index contributed by atoms with van der Waals surface area (Å²) in [6, 6.07) is 15.0. The third kappa shape index (κ3) is 3.54. The first-order valence-electron chi connectivity index (χ1n) is 6.57. The molecule has 0 aliphatic heterocycles. The molecular weight excluding hydrogens is 250 g/mol. The van der Waals surface area contributed by atoms with Gasteiger partial charge in [-0.3, -0.25) is 9.79 Å². The number of aliphatic imine (C=N–C) groups is 1. The smallest absolute Gasteiger partial charge is 0.159 e. The molecule has 102 valence electrons. The van der Waals surface area contributed by atoms with E-state index in [-0.39, 0.29) is 5.78 Å². The van der Waals surface area contributed by atoms with Crippen LogP contribution in [-0.4, -0.2) is 18.6 Å². The van der Waals surface area contributed by atoms with E-state index in [4.69, 9.17) is 4.74 Å². The molecule has 3 nitrogen and oxygen atoms in total. The van der Waals surface area contributed by atoms with Crippen molar-refractivity contribution in [3.05, 3.63) is 59.7 Å². The summed E-state index contributed by atoms with van der Waals surface area (Å²) in [5.41, 5.74) is 2.34. The van der Waals surface area contributed by atoms with E-state index >= 15 is 0 Å². The van der Waals surface area contributed by atoms with Gasteiger partial charge < -0.3 is 4.74 Å². The van der Waals surface area contributed by atoms with Gasteiger partial charge >= 0.3 is 0 Å². The van der Waals surface area contributed by atoms with Crippen LogP contribution in [0.1, 0.15) is 29.8 Å². The number of ether oxygens (including phenoxy) is 1. The number of hydrogen-bond acceptors (Lipinski definition) is 3. The maximum atomic E-state index is 11.3. The van der Waals surface area contributed by atoms with Gasteiger partial charge in [0, 0.05) is 17.3 Å². The summed E-state index contributed by atoms with van der Waals surface area (Å²) >= 11 is 0. The molecule has 0 aromatic heterocycles. The SMILES string of the molecule is CCOc1ccccc1C=Nc1cccc(C(C)=O)c1. The number of carbonyl (C=O) groups is 1. The molecule has 2 aromatic rings. The van der Waals surface area contributed by atoms with Crippen LogP contribution in [0.5, 0.6) is 5.75 Å². The summed E-state index contributed by atoms with van der Waals surface area (Å²) in [4.78, 5) is 15.7. The Bertz CT molecular complexity index is 632. The molecule has 0 aliphatic carbocycles. The normalized spacial score (nSPS) is 10.7. The predicted molar refractivity (Wildman–Crippen MR) is 81.3 cm³/mol. The fraction of sp³-hybridized carbons (Fsp3) is 0.176. The second-order valence-corrected chi connectivity index (χ2v) is 4.34. The highest BCUT2D eigenvalue weighted by Gasteiger charge is 2.01. The summed E-state index contributed by atoms with van der Waals surface area (Å²) in [5.74, 6) is 0.846. The monoisotopic (exact) mass is 267 g/mol. The Morgan fingerprint density at radius 3 is 2.75 bits per heavy atom. The van der Waals surface area contributed by atoms with Crippen LogP contribution in [0, 0.1) is 0 Å². The topological polar surface area (TPSA) is 38.7 Å². The third-order valence-electron chi connectivity index (χ3n) is 2.82. The Morgan fingerprint density at radius 2 is 2.00 bits per heavy atom. The van der Waals surface area contributed by atoms with Crippen molar-refractivity contribution in [1.82, 2.24) is 0 Å². The van der Waals surface area contributed by atoms with Crippen LogP contribution >= 0.6 is 0 Å². The first-order valence-corrected chi connectivity index (χ1v) is 6.57. The number of ketones is 1. The molecule has 20 heavy (non-hydrogen) atoms. The lowest BCUT2D eigenvalue weighted by molar-refractivity contribution is 0.101. The van der Waals surface area contributed by atoms with Crippen molar-refractivity contribution in [3.63, 3.8) is 0 Å². The molecule has 0 unspecified atom stereocenters. The Kier molecular flexibility index (Phi) is 4.66. The van der Waals surface area contributed by atoms with Crippen LogP contribution in [0.25, 0.3) is 0 Å². The molecule has 2 aromatic carbocycles. The maximum Gasteiger partial charge on any atom is 0.159 e. The van der Waals surface area contributed by atoms with Crippen LogP contribution in [0.4, 0.5) is 5.69 Å². The van der Waals surface area contributed by atoms with E-state index in [2.05, 4.69) is 4.99 Å². The van der Waals surface area contributed by atoms with Crippen LogP contribution in [-0.2, 0) is 0 Å². The zero-order chi connectivity index (χ0) is 14.4. The standard InChI is InChI=1S/C17H17NO2/c1-3-20-17-10-5-4-7-15(17)12-18-16-9-6-8-14(11-16)13(2)19/h4-12H,3H2,1-2H3. The fourth-order valence-electron chi connectivity index (χ4n) is 1.82. The molecule has 0 bridgehead atoms. The largest absolute Gasteiger partial charge is 0.493 e. The van der Waals surface area contributed by atoms with Crippen molar-refractivity contribution >= 4 is 17.7 Å². The first kappa shape index (κ1) is 14.0. The quantitative estimate of drug-likeness (QED) is 0.605. The first-order chi connectivity index (χ1) is 9.70. The third-order valence-corrected chi connectivity index (χ3v) is 2.82. The lowest BCUT2D eigenvalue weighted by Crippen LogP contribution is -1.95. The summed E-state index contributed by atoms with van der Waals surface area (Å²) in [5, 5.41) is 0. The Labute approximate surface area is 118 Å². The molecule has 0 fully saturated rings. The minimum atomic E-state index is 0.0387. The molecule has 0 aliphatic rings. The molecule has 0 radical (unpaired) electrons. The minimum Gasteiger partial charge on any atom is -0.493 e. The zero-order valence-electron chi connectivity index (χ0n) is 11.7. The fourth-order valence-corrected chi connectivity index (χ4v) is 1.82. The van der Waals surface area contributed by atoms with Crippen molar-refractivity contribution < 1.29 is 9.53 Å². The van der Waals surface area contributed by atoms with Gasteiger partial charge in [-0.2, -0.15) is 0 Å². The summed E-state index contributed by atoms with van der Waals surface area (Å²) in [6.07, 6.45) is 1.75. The molecule has 3 heteroatoms. The average Bonchev–Trinajstić information content (AvgIpc) is 2.47. The molecular formula is C17H17NO2. The summed E-state index contributed by atoms with van der Waals surface area (Å²) < 4.78 is 5.54. The van der Waals surface area contributed by atoms with Crippen LogP contribution < -0.4 is 4.74 Å². The number of rotatable bonds is 5. The van der Waals surface area contributed by atoms with Gasteiger partial charge in [-0.25, -0.2) is 0 Å². The van der Waals surface area contributed by atoms with Crippen molar-refractivity contribution in [1.29, 1.82) is 0 Å². The average molecular weight is 267 g/mol. The number of carbonyl (C=O) groups excluding carboxylic acids is 1. The number of nitrogens with zero attached hydrogens (tertiary/aromatic N) is 1. The highest BCUT2D eigenvalue weighted by Crippen LogP contribution is 2.19. The van der Waals surface area contributed by atoms with E-state index in [1.807, 2.05) is 43.3 Å². The van der Waals surface area contributed by atoms with Crippen molar-refractivity contribution in [2.24, 2.45) is 4.99 Å². The highest BCUT2D eigenvalue weighted by molar-refractivity contribution is 5.95. The molecule has 0 saturated carbocycles. The number of Topliss-reactive ketones (excluding diaryl/α,β-unsaturated/α-hetero) is 1. The van der Waals surface area contributed by atoms with Gasteiger partial charge in [0.05, 0.1) is 12.3 Å². The van der Waals surface area contributed by atoms with Gasteiger partial charge in [0.15, 0.2) is 5.78 Å². The predicted octanol–water partition coefficient (Wildman–Crippen LogP) is 4.04. The van der Waals surface area contributed by atoms with E-state index in [9.17, 15) is 4.79 Å². The number of benzene rings is 2. The van der Waals surface area contributed by atoms with E-state index in [0.717, 1.165) is 17.0 Å². The Hall–Kier alpha value is -2.42. The Balaban J connectivity index is 2.25. The molecule has 0 saturated heterocycles. The number of para-hydroxylation sites is 1. The van der Waals surface area contributed by atoms with Gasteiger partial charge in [-0.1, -0.05) is 24.3 Å². The minimum absolute atomic E-state index is 0.0387. The zero-order valence-corrected chi connectivity index (χ0v) is 11.7. The van der Waals surface area contributed by atoms with Gasteiger partial charge in [-0.05, 0) is 38.1 Å². The van der Waals surface area contributed by atoms with E-state index < -0.39 is 0 Å². The maximum absolute atomic E-state index is 11.3. The summed E-state index contributed by atoms with van der Waals surface area (Å²) in [7, 11) is 0. The molecule has 0 spiro atoms. The molecule has 0 amide bonds. The lowest BCUT2D eigenvalue weighted by Gasteiger charge is -2.05. The lowest BCUT2D eigenvalue weighted by atomic mass is 10.1. The van der Waals surface area contributed by atoms with E-state index in [1.165, 1.54) is 0 Å². The van der Waals surface area contributed by atoms with Gasteiger partial charge in [0.1, 0.15) is 5.75 Å². The van der Waals surface area contributed by atoms with Crippen molar-refractivity contribution in [3.8, 4) is 5.75 Å².